The smallest absolute Gasteiger partial charge is 0.306 e. The average molecular weight is 774 g/mol. The molecule has 0 aliphatic carbocycles. The summed E-state index contributed by atoms with van der Waals surface area (Å²) in [5.74, 6) is -0.509. The molecule has 0 aromatic rings. The highest BCUT2D eigenvalue weighted by Gasteiger charge is 2.24. The van der Waals surface area contributed by atoms with Gasteiger partial charge in [0, 0.05) is 6.42 Å². The van der Waals surface area contributed by atoms with Gasteiger partial charge >= 0.3 is 5.97 Å². The van der Waals surface area contributed by atoms with Crippen LogP contribution in [0, 0.1) is 0 Å². The first-order chi connectivity index (χ1) is 27.0. The minimum atomic E-state index is -0.791. The maximum atomic E-state index is 13.1. The van der Waals surface area contributed by atoms with E-state index in [0.717, 1.165) is 77.0 Å². The number of hydrogen-bond donors (Lipinski definition) is 3. The second kappa shape index (κ2) is 43.2. The Morgan fingerprint density at radius 2 is 1.00 bits per heavy atom. The summed E-state index contributed by atoms with van der Waals surface area (Å²) in [6, 6.07) is -0.707. The van der Waals surface area contributed by atoms with Crippen LogP contribution < -0.4 is 5.32 Å². The molecule has 322 valence electrons. The van der Waals surface area contributed by atoms with Gasteiger partial charge in [0.2, 0.25) is 5.91 Å². The van der Waals surface area contributed by atoms with Gasteiger partial charge in [-0.2, -0.15) is 0 Å². The van der Waals surface area contributed by atoms with Crippen LogP contribution in [0.5, 0.6) is 0 Å². The normalized spacial score (nSPS) is 13.6. The van der Waals surface area contributed by atoms with Crippen LogP contribution in [0.15, 0.2) is 36.5 Å². The third kappa shape index (κ3) is 38.7. The van der Waals surface area contributed by atoms with E-state index in [1.54, 1.807) is 0 Å². The molecule has 3 unspecified atom stereocenters. The zero-order valence-corrected chi connectivity index (χ0v) is 36.6. The van der Waals surface area contributed by atoms with Gasteiger partial charge in [0.1, 0.15) is 6.10 Å². The Hall–Kier alpha value is -1.92. The summed E-state index contributed by atoms with van der Waals surface area (Å²) < 4.78 is 5.89. The topological polar surface area (TPSA) is 95.9 Å². The molecule has 0 aromatic carbocycles. The maximum absolute atomic E-state index is 13.1. The summed E-state index contributed by atoms with van der Waals surface area (Å²) >= 11 is 0. The van der Waals surface area contributed by atoms with Crippen molar-refractivity contribution in [1.29, 1.82) is 0 Å². The average Bonchev–Trinajstić information content (AvgIpc) is 3.18. The molecule has 0 heterocycles. The second-order valence-corrected chi connectivity index (χ2v) is 16.1. The first kappa shape index (κ1) is 53.1. The molecule has 0 aliphatic heterocycles. The Morgan fingerprint density at radius 3 is 1.53 bits per heavy atom. The Bertz CT molecular complexity index is 915. The van der Waals surface area contributed by atoms with Crippen molar-refractivity contribution in [2.75, 3.05) is 6.61 Å². The fraction of sp³-hybridized carbons (Fsp3) is 0.837. The van der Waals surface area contributed by atoms with E-state index in [2.05, 4.69) is 62.5 Å². The van der Waals surface area contributed by atoms with Gasteiger partial charge in [-0.3, -0.25) is 9.59 Å². The Balaban J connectivity index is 4.61. The molecular formula is C49H91NO5. The Kier molecular flexibility index (Phi) is 41.7. The molecule has 55 heavy (non-hydrogen) atoms. The highest BCUT2D eigenvalue weighted by Crippen LogP contribution is 2.17. The van der Waals surface area contributed by atoms with Crippen LogP contribution in [0.4, 0.5) is 0 Å². The second-order valence-electron chi connectivity index (χ2n) is 16.1. The van der Waals surface area contributed by atoms with Crippen LogP contribution in [0.25, 0.3) is 0 Å². The number of carbonyl (C=O) groups is 2. The Morgan fingerprint density at radius 1 is 0.545 bits per heavy atom. The minimum Gasteiger partial charge on any atom is -0.462 e. The molecule has 3 atom stereocenters. The molecule has 0 bridgehead atoms. The van der Waals surface area contributed by atoms with Crippen molar-refractivity contribution in [2.24, 2.45) is 0 Å². The van der Waals surface area contributed by atoms with Crippen LogP contribution in [0.2, 0.25) is 0 Å². The SMILES string of the molecule is CC/C=C/C/C=C/CCCCCCCCCC(=O)OC(CCC/C=C\CCCCCCCCC)CC(=O)NC(CO)C(O)CCCCCCCCCCCC. The summed E-state index contributed by atoms with van der Waals surface area (Å²) in [5.41, 5.74) is 0. The number of aliphatic hydroxyl groups is 2. The van der Waals surface area contributed by atoms with Gasteiger partial charge in [-0.1, -0.05) is 192 Å². The highest BCUT2D eigenvalue weighted by atomic mass is 16.5. The third-order valence-corrected chi connectivity index (χ3v) is 10.7. The zero-order valence-electron chi connectivity index (χ0n) is 36.6. The fourth-order valence-electron chi connectivity index (χ4n) is 7.11. The number of hydrogen-bond acceptors (Lipinski definition) is 5. The van der Waals surface area contributed by atoms with E-state index in [1.165, 1.54) is 116 Å². The summed E-state index contributed by atoms with van der Waals surface area (Å²) in [7, 11) is 0. The minimum absolute atomic E-state index is 0.0551. The fourth-order valence-corrected chi connectivity index (χ4v) is 7.11. The number of aliphatic hydroxyl groups excluding tert-OH is 2. The molecule has 0 saturated heterocycles. The van der Waals surface area contributed by atoms with Crippen molar-refractivity contribution in [2.45, 2.75) is 257 Å². The van der Waals surface area contributed by atoms with Gasteiger partial charge in [-0.25, -0.2) is 0 Å². The molecule has 0 saturated carbocycles. The van der Waals surface area contributed by atoms with Crippen molar-refractivity contribution in [3.63, 3.8) is 0 Å². The number of ether oxygens (including phenoxy) is 1. The van der Waals surface area contributed by atoms with Gasteiger partial charge in [-0.15, -0.1) is 0 Å². The largest absolute Gasteiger partial charge is 0.462 e. The quantitative estimate of drug-likeness (QED) is 0.0326. The first-order valence-electron chi connectivity index (χ1n) is 23.7. The molecular weight excluding hydrogens is 683 g/mol. The van der Waals surface area contributed by atoms with Crippen molar-refractivity contribution < 1.29 is 24.5 Å². The van der Waals surface area contributed by atoms with E-state index in [-0.39, 0.29) is 24.9 Å². The van der Waals surface area contributed by atoms with E-state index < -0.39 is 18.2 Å². The standard InChI is InChI=1S/C49H91NO5/c1-4-7-10-13-16-19-22-24-25-27-30-33-36-39-42-49(54)55-45(40-37-34-31-28-26-23-20-17-14-11-8-5-2)43-48(53)50-46(44-51)47(52)41-38-35-32-29-21-18-15-12-9-6-3/h7,10,16,19,28,31,45-47,51-52H,4-6,8-9,11-15,17-18,20-27,29-30,32-44H2,1-3H3,(H,50,53)/b10-7+,19-16+,31-28-. The van der Waals surface area contributed by atoms with E-state index >= 15 is 0 Å². The molecule has 0 rings (SSSR count). The van der Waals surface area contributed by atoms with Gasteiger partial charge < -0.3 is 20.3 Å². The molecule has 6 heteroatoms. The zero-order chi connectivity index (χ0) is 40.3. The summed E-state index contributed by atoms with van der Waals surface area (Å²) in [6.07, 6.45) is 49.2. The molecule has 0 aliphatic rings. The van der Waals surface area contributed by atoms with Crippen molar-refractivity contribution in [3.05, 3.63) is 36.5 Å². The van der Waals surface area contributed by atoms with Gasteiger partial charge in [-0.05, 0) is 70.6 Å². The number of esters is 1. The third-order valence-electron chi connectivity index (χ3n) is 10.7. The summed E-state index contributed by atoms with van der Waals surface area (Å²) in [6.45, 7) is 6.35. The number of unbranched alkanes of at least 4 members (excludes halogenated alkanes) is 24. The monoisotopic (exact) mass is 774 g/mol. The molecule has 0 spiro atoms. The summed E-state index contributed by atoms with van der Waals surface area (Å²) in [4.78, 5) is 26.0. The number of carbonyl (C=O) groups excluding carboxylic acids is 2. The number of allylic oxidation sites excluding steroid dienone is 6. The van der Waals surface area contributed by atoms with Crippen LogP contribution in [-0.2, 0) is 14.3 Å². The van der Waals surface area contributed by atoms with Gasteiger partial charge in [0.15, 0.2) is 0 Å². The molecule has 1 amide bonds. The van der Waals surface area contributed by atoms with E-state index in [1.807, 2.05) is 0 Å². The molecule has 0 radical (unpaired) electrons. The van der Waals surface area contributed by atoms with Gasteiger partial charge in [0.05, 0.1) is 25.2 Å². The maximum Gasteiger partial charge on any atom is 0.306 e. The van der Waals surface area contributed by atoms with Crippen LogP contribution in [0.1, 0.15) is 239 Å². The van der Waals surface area contributed by atoms with E-state index in [0.29, 0.717) is 19.3 Å². The lowest BCUT2D eigenvalue weighted by Gasteiger charge is -2.24. The van der Waals surface area contributed by atoms with Crippen molar-refractivity contribution >= 4 is 11.9 Å². The lowest BCUT2D eigenvalue weighted by molar-refractivity contribution is -0.151. The number of amides is 1. The number of nitrogens with one attached hydrogen (secondary N) is 1. The highest BCUT2D eigenvalue weighted by molar-refractivity contribution is 5.77. The number of rotatable bonds is 42. The lowest BCUT2D eigenvalue weighted by Crippen LogP contribution is -2.46. The van der Waals surface area contributed by atoms with Gasteiger partial charge in [0.25, 0.3) is 0 Å². The first-order valence-corrected chi connectivity index (χ1v) is 23.7. The lowest BCUT2D eigenvalue weighted by atomic mass is 10.0. The van der Waals surface area contributed by atoms with Crippen molar-refractivity contribution in [3.8, 4) is 0 Å². The molecule has 0 fully saturated rings. The van der Waals surface area contributed by atoms with E-state index in [9.17, 15) is 19.8 Å². The predicted molar refractivity (Wildman–Crippen MR) is 236 cm³/mol. The van der Waals surface area contributed by atoms with Crippen LogP contribution >= 0.6 is 0 Å². The molecule has 0 aromatic heterocycles. The Labute approximate surface area is 341 Å². The van der Waals surface area contributed by atoms with Crippen LogP contribution in [-0.4, -0.2) is 46.9 Å². The molecule has 3 N–H and O–H groups in total. The summed E-state index contributed by atoms with van der Waals surface area (Å²) in [5, 5.41) is 23.6. The van der Waals surface area contributed by atoms with Crippen molar-refractivity contribution in [1.82, 2.24) is 5.32 Å². The predicted octanol–water partition coefficient (Wildman–Crippen LogP) is 13.7. The molecule has 6 nitrogen and oxygen atoms in total. The van der Waals surface area contributed by atoms with E-state index in [4.69, 9.17) is 4.74 Å². The van der Waals surface area contributed by atoms with Crippen LogP contribution in [0.3, 0.4) is 0 Å².